The third-order valence-corrected chi connectivity index (χ3v) is 6.93. The van der Waals surface area contributed by atoms with E-state index in [1.165, 1.54) is 25.3 Å². The van der Waals surface area contributed by atoms with Crippen LogP contribution in [0.5, 0.6) is 5.75 Å². The zero-order chi connectivity index (χ0) is 23.5. The Hall–Kier alpha value is -3.21. The molecule has 0 amide bonds. The molecule has 0 heterocycles. The highest BCUT2D eigenvalue weighted by Crippen LogP contribution is 2.36. The summed E-state index contributed by atoms with van der Waals surface area (Å²) in [5.74, 6) is -0.586. The molecule has 0 aliphatic heterocycles. The van der Waals surface area contributed by atoms with E-state index in [-0.39, 0.29) is 29.6 Å². The van der Waals surface area contributed by atoms with Gasteiger partial charge in [0.1, 0.15) is 16.3 Å². The van der Waals surface area contributed by atoms with Crippen LogP contribution in [0, 0.1) is 0 Å². The highest BCUT2D eigenvalue weighted by atomic mass is 32.2. The minimum absolute atomic E-state index is 0.0267. The summed E-state index contributed by atoms with van der Waals surface area (Å²) in [5, 5.41) is 16.4. The van der Waals surface area contributed by atoms with Crippen LogP contribution in [0.4, 0.5) is 17.1 Å². The number of hydroxylamine groups is 1. The number of phenols is 1. The number of phenolic OH excluding ortho intramolecular Hbond substituents is 1. The van der Waals surface area contributed by atoms with Crippen LogP contribution in [0.1, 0.15) is 31.9 Å². The zero-order valence-electron chi connectivity index (χ0n) is 18.0. The average Bonchev–Trinajstić information content (AvgIpc) is 2.80. The lowest BCUT2D eigenvalue weighted by Gasteiger charge is -2.23. The minimum atomic E-state index is -4.14. The lowest BCUT2D eigenvalue weighted by atomic mass is 10.0. The first kappa shape index (κ1) is 23.5. The third kappa shape index (κ3) is 4.24. The van der Waals surface area contributed by atoms with Gasteiger partial charge >= 0.3 is 0 Å². The SMILES string of the molecule is CC[C@@H](Nc1c(Nc2cccc(S(=O)(=O)N(CC)OC)c2O)c(=O)c1=O)c1ccccc1. The number of hydrogen-bond acceptors (Lipinski definition) is 8. The van der Waals surface area contributed by atoms with Gasteiger partial charge in [-0.2, -0.15) is 0 Å². The molecule has 3 rings (SSSR count). The molecule has 9 nitrogen and oxygen atoms in total. The summed E-state index contributed by atoms with van der Waals surface area (Å²) in [6.07, 6.45) is 0.658. The van der Waals surface area contributed by atoms with Gasteiger partial charge in [0.2, 0.25) is 0 Å². The second kappa shape index (κ2) is 9.51. The number of para-hydroxylation sites is 1. The van der Waals surface area contributed by atoms with Crippen LogP contribution in [0.3, 0.4) is 0 Å². The number of hydrogen-bond donors (Lipinski definition) is 3. The van der Waals surface area contributed by atoms with Crippen molar-refractivity contribution in [2.75, 3.05) is 24.3 Å². The van der Waals surface area contributed by atoms with Crippen molar-refractivity contribution in [1.29, 1.82) is 0 Å². The van der Waals surface area contributed by atoms with Crippen LogP contribution in [0.15, 0.2) is 63.0 Å². The molecule has 10 heteroatoms. The molecule has 0 radical (unpaired) electrons. The Kier molecular flexibility index (Phi) is 6.97. The lowest BCUT2D eigenvalue weighted by molar-refractivity contribution is -0.0443. The molecule has 0 fully saturated rings. The summed E-state index contributed by atoms with van der Waals surface area (Å²) in [6, 6.07) is 13.3. The van der Waals surface area contributed by atoms with E-state index in [0.29, 0.717) is 6.42 Å². The number of sulfonamides is 1. The van der Waals surface area contributed by atoms with Crippen LogP contribution in [-0.4, -0.2) is 31.6 Å². The fourth-order valence-electron chi connectivity index (χ4n) is 3.40. The van der Waals surface area contributed by atoms with Gasteiger partial charge in [-0.15, -0.1) is 0 Å². The molecule has 0 saturated carbocycles. The van der Waals surface area contributed by atoms with Gasteiger partial charge in [0.25, 0.3) is 20.9 Å². The number of aromatic hydroxyl groups is 1. The molecule has 0 unspecified atom stereocenters. The molecule has 32 heavy (non-hydrogen) atoms. The molecule has 170 valence electrons. The Morgan fingerprint density at radius 2 is 1.66 bits per heavy atom. The largest absolute Gasteiger partial charge is 0.504 e. The second-order valence-corrected chi connectivity index (χ2v) is 8.81. The predicted octanol–water partition coefficient (Wildman–Crippen LogP) is 2.87. The maximum absolute atomic E-state index is 12.7. The van der Waals surface area contributed by atoms with Gasteiger partial charge in [0.05, 0.1) is 18.8 Å². The molecule has 1 atom stereocenters. The van der Waals surface area contributed by atoms with E-state index in [0.717, 1.165) is 10.0 Å². The molecule has 0 saturated heterocycles. The van der Waals surface area contributed by atoms with Gasteiger partial charge in [-0.05, 0) is 31.0 Å². The minimum Gasteiger partial charge on any atom is -0.504 e. The van der Waals surface area contributed by atoms with Gasteiger partial charge in [0.15, 0.2) is 5.75 Å². The van der Waals surface area contributed by atoms with E-state index in [2.05, 4.69) is 10.6 Å². The Labute approximate surface area is 186 Å². The first-order valence-electron chi connectivity index (χ1n) is 10.1. The number of benzene rings is 2. The molecule has 0 aromatic heterocycles. The second-order valence-electron chi connectivity index (χ2n) is 7.01. The highest BCUT2D eigenvalue weighted by Gasteiger charge is 2.29. The summed E-state index contributed by atoms with van der Waals surface area (Å²) in [5.41, 5.74) is -0.458. The van der Waals surface area contributed by atoms with Crippen LogP contribution < -0.4 is 21.5 Å². The fourth-order valence-corrected chi connectivity index (χ4v) is 4.76. The quantitative estimate of drug-likeness (QED) is 0.240. The Balaban J connectivity index is 1.94. The van der Waals surface area contributed by atoms with Crippen LogP contribution in [0.2, 0.25) is 0 Å². The number of anilines is 3. The van der Waals surface area contributed by atoms with Crippen molar-refractivity contribution < 1.29 is 18.4 Å². The molecular weight excluding hydrogens is 434 g/mol. The standard InChI is InChI=1S/C22H25N3O6S/c1-4-15(14-10-7-6-8-11-14)23-18-19(22(28)21(18)27)24-16-12-9-13-17(20(16)26)32(29,30)25(5-2)31-3/h6-13,15,23-24,26H,4-5H2,1-3H3/t15-/m1/s1. The summed E-state index contributed by atoms with van der Waals surface area (Å²) in [7, 11) is -2.93. The van der Waals surface area contributed by atoms with Crippen molar-refractivity contribution in [3.8, 4) is 5.75 Å². The molecule has 3 aromatic rings. The number of nitrogens with one attached hydrogen (secondary N) is 2. The van der Waals surface area contributed by atoms with Gasteiger partial charge in [-0.1, -0.05) is 47.8 Å². The number of rotatable bonds is 10. The summed E-state index contributed by atoms with van der Waals surface area (Å²) in [4.78, 5) is 28.9. The van der Waals surface area contributed by atoms with Gasteiger partial charge in [-0.3, -0.25) is 14.4 Å². The fraction of sp³-hybridized carbons (Fsp3) is 0.273. The van der Waals surface area contributed by atoms with E-state index in [9.17, 15) is 23.1 Å². The third-order valence-electron chi connectivity index (χ3n) is 5.11. The zero-order valence-corrected chi connectivity index (χ0v) is 18.8. The first-order chi connectivity index (χ1) is 15.3. The van der Waals surface area contributed by atoms with Crippen molar-refractivity contribution in [2.45, 2.75) is 31.2 Å². The highest BCUT2D eigenvalue weighted by molar-refractivity contribution is 7.89. The van der Waals surface area contributed by atoms with E-state index < -0.39 is 31.5 Å². The van der Waals surface area contributed by atoms with Crippen molar-refractivity contribution in [2.24, 2.45) is 0 Å². The first-order valence-corrected chi connectivity index (χ1v) is 11.5. The summed E-state index contributed by atoms with van der Waals surface area (Å²) in [6.45, 7) is 3.55. The number of nitrogens with zero attached hydrogens (tertiary/aromatic N) is 1. The molecule has 0 bridgehead atoms. The van der Waals surface area contributed by atoms with Crippen molar-refractivity contribution in [3.63, 3.8) is 0 Å². The van der Waals surface area contributed by atoms with E-state index in [1.807, 2.05) is 37.3 Å². The summed E-state index contributed by atoms with van der Waals surface area (Å²) >= 11 is 0. The maximum Gasteiger partial charge on any atom is 0.268 e. The van der Waals surface area contributed by atoms with Crippen LogP contribution in [-0.2, 0) is 14.9 Å². The smallest absolute Gasteiger partial charge is 0.268 e. The monoisotopic (exact) mass is 459 g/mol. The molecule has 3 N–H and O–H groups in total. The normalized spacial score (nSPS) is 12.8. The van der Waals surface area contributed by atoms with Crippen molar-refractivity contribution >= 4 is 27.1 Å². The van der Waals surface area contributed by atoms with Gasteiger partial charge in [-0.25, -0.2) is 8.42 Å². The van der Waals surface area contributed by atoms with E-state index in [1.54, 1.807) is 6.92 Å². The van der Waals surface area contributed by atoms with Crippen LogP contribution in [0.25, 0.3) is 0 Å². The molecular formula is C22H25N3O6S. The topological polar surface area (TPSA) is 125 Å². The Morgan fingerprint density at radius 3 is 2.25 bits per heavy atom. The molecule has 0 aliphatic rings. The predicted molar refractivity (Wildman–Crippen MR) is 122 cm³/mol. The molecule has 0 aliphatic carbocycles. The average molecular weight is 460 g/mol. The molecule has 3 aromatic carbocycles. The maximum atomic E-state index is 12.7. The van der Waals surface area contributed by atoms with E-state index >= 15 is 0 Å². The summed E-state index contributed by atoms with van der Waals surface area (Å²) < 4.78 is 26.2. The van der Waals surface area contributed by atoms with Gasteiger partial charge < -0.3 is 15.7 Å². The van der Waals surface area contributed by atoms with Crippen LogP contribution >= 0.6 is 0 Å². The van der Waals surface area contributed by atoms with E-state index in [4.69, 9.17) is 4.84 Å². The van der Waals surface area contributed by atoms with Gasteiger partial charge in [0, 0.05) is 6.54 Å². The van der Waals surface area contributed by atoms with Crippen molar-refractivity contribution in [1.82, 2.24) is 4.47 Å². The Morgan fingerprint density at radius 1 is 1.00 bits per heavy atom. The lowest BCUT2D eigenvalue weighted by Crippen LogP contribution is -2.37. The Bertz CT molecular complexity index is 1260. The van der Waals surface area contributed by atoms with Crippen molar-refractivity contribution in [3.05, 3.63) is 74.5 Å². The molecule has 0 spiro atoms.